The highest BCUT2D eigenvalue weighted by molar-refractivity contribution is 8.00. The number of halogens is 1. The maximum absolute atomic E-state index is 13.6. The number of ether oxygens (including phenoxy) is 1. The summed E-state index contributed by atoms with van der Waals surface area (Å²) in [7, 11) is 0. The van der Waals surface area contributed by atoms with Gasteiger partial charge in [0.2, 0.25) is 0 Å². The van der Waals surface area contributed by atoms with Crippen molar-refractivity contribution in [1.29, 1.82) is 0 Å². The van der Waals surface area contributed by atoms with Crippen LogP contribution < -0.4 is 4.74 Å². The first-order chi connectivity index (χ1) is 14.1. The van der Waals surface area contributed by atoms with Crippen LogP contribution in [-0.2, 0) is 4.79 Å². The van der Waals surface area contributed by atoms with Gasteiger partial charge in [-0.2, -0.15) is 0 Å². The summed E-state index contributed by atoms with van der Waals surface area (Å²) in [6.45, 7) is 1.81. The molecule has 2 aromatic rings. The second-order valence-corrected chi connectivity index (χ2v) is 8.70. The van der Waals surface area contributed by atoms with E-state index in [0.29, 0.717) is 43.8 Å². The number of likely N-dealkylation sites (tertiary alicyclic amines) is 1. The largest absolute Gasteiger partial charge is 0.484 e. The molecule has 1 spiro atoms. The molecule has 2 aromatic carbocycles. The van der Waals surface area contributed by atoms with Crippen molar-refractivity contribution in [3.05, 3.63) is 66.0 Å². The molecular formula is C22H23FN2O3S. The number of amides is 2. The van der Waals surface area contributed by atoms with Crippen LogP contribution in [0.25, 0.3) is 0 Å². The van der Waals surface area contributed by atoms with Crippen LogP contribution in [0.15, 0.2) is 54.6 Å². The molecule has 0 unspecified atom stereocenters. The fourth-order valence-electron chi connectivity index (χ4n) is 3.95. The molecule has 152 valence electrons. The van der Waals surface area contributed by atoms with Gasteiger partial charge in [-0.05, 0) is 43.2 Å². The summed E-state index contributed by atoms with van der Waals surface area (Å²) in [6, 6.07) is 15.1. The van der Waals surface area contributed by atoms with Crippen molar-refractivity contribution in [2.75, 3.05) is 32.0 Å². The van der Waals surface area contributed by atoms with Crippen LogP contribution in [0.1, 0.15) is 23.2 Å². The van der Waals surface area contributed by atoms with E-state index in [4.69, 9.17) is 4.74 Å². The van der Waals surface area contributed by atoms with Gasteiger partial charge in [-0.15, -0.1) is 11.8 Å². The maximum atomic E-state index is 13.6. The van der Waals surface area contributed by atoms with Crippen molar-refractivity contribution in [2.45, 2.75) is 17.7 Å². The van der Waals surface area contributed by atoms with Crippen LogP contribution in [0.2, 0.25) is 0 Å². The molecule has 0 N–H and O–H groups in total. The number of hydrogen-bond donors (Lipinski definition) is 0. The fraction of sp³-hybridized carbons (Fsp3) is 0.364. The standard InChI is InChI=1S/C22H23FN2O3S/c23-18-6-4-5-17(15-18)21(27)25-13-14-29-22(25)9-11-24(12-10-22)20(26)16-28-19-7-2-1-3-8-19/h1-8,15H,9-14,16H2. The average Bonchev–Trinajstić information content (AvgIpc) is 3.15. The quantitative estimate of drug-likeness (QED) is 0.769. The molecular weight excluding hydrogens is 391 g/mol. The molecule has 0 aliphatic carbocycles. The van der Waals surface area contributed by atoms with Crippen LogP contribution >= 0.6 is 11.8 Å². The third kappa shape index (κ3) is 4.24. The molecule has 2 amide bonds. The molecule has 0 bridgehead atoms. The zero-order valence-electron chi connectivity index (χ0n) is 16.1. The lowest BCUT2D eigenvalue weighted by Crippen LogP contribution is -2.54. The van der Waals surface area contributed by atoms with Gasteiger partial charge >= 0.3 is 0 Å². The summed E-state index contributed by atoms with van der Waals surface area (Å²) in [5.41, 5.74) is 0.377. The predicted molar refractivity (Wildman–Crippen MR) is 110 cm³/mol. The van der Waals surface area contributed by atoms with Gasteiger partial charge < -0.3 is 14.5 Å². The topological polar surface area (TPSA) is 49.9 Å². The van der Waals surface area contributed by atoms with E-state index in [1.54, 1.807) is 28.8 Å². The van der Waals surface area contributed by atoms with E-state index in [2.05, 4.69) is 0 Å². The van der Waals surface area contributed by atoms with Gasteiger partial charge in [0.15, 0.2) is 6.61 Å². The lowest BCUT2D eigenvalue weighted by Gasteiger charge is -2.44. The molecule has 29 heavy (non-hydrogen) atoms. The molecule has 2 saturated heterocycles. The molecule has 2 fully saturated rings. The van der Waals surface area contributed by atoms with Crippen molar-refractivity contribution in [1.82, 2.24) is 9.80 Å². The molecule has 0 radical (unpaired) electrons. The third-order valence-electron chi connectivity index (χ3n) is 5.50. The number of carbonyl (C=O) groups is 2. The fourth-order valence-corrected chi connectivity index (χ4v) is 5.40. The van der Waals surface area contributed by atoms with E-state index >= 15 is 0 Å². The van der Waals surface area contributed by atoms with Crippen LogP contribution in [0, 0.1) is 5.82 Å². The summed E-state index contributed by atoms with van der Waals surface area (Å²) in [6.07, 6.45) is 1.41. The van der Waals surface area contributed by atoms with Crippen molar-refractivity contribution in [3.8, 4) is 5.75 Å². The van der Waals surface area contributed by atoms with Crippen molar-refractivity contribution >= 4 is 23.6 Å². The Hall–Kier alpha value is -2.54. The minimum Gasteiger partial charge on any atom is -0.484 e. The van der Waals surface area contributed by atoms with Crippen LogP contribution in [-0.4, -0.2) is 58.5 Å². The number of rotatable bonds is 4. The normalized spacial score (nSPS) is 18.1. The summed E-state index contributed by atoms with van der Waals surface area (Å²) < 4.78 is 19.1. The van der Waals surface area contributed by atoms with E-state index < -0.39 is 5.82 Å². The minimum absolute atomic E-state index is 0.0100. The number of thioether (sulfide) groups is 1. The summed E-state index contributed by atoms with van der Waals surface area (Å²) in [5, 5.41) is 0. The summed E-state index contributed by atoms with van der Waals surface area (Å²) in [4.78, 5) is 28.9. The van der Waals surface area contributed by atoms with Gasteiger partial charge in [0.25, 0.3) is 11.8 Å². The van der Waals surface area contributed by atoms with Crippen molar-refractivity contribution in [3.63, 3.8) is 0 Å². The SMILES string of the molecule is O=C(COc1ccccc1)N1CCC2(CC1)SCCN2C(=O)c1cccc(F)c1. The van der Waals surface area contributed by atoms with Gasteiger partial charge in [0.05, 0.1) is 4.87 Å². The Morgan fingerprint density at radius 3 is 2.52 bits per heavy atom. The molecule has 4 rings (SSSR count). The van der Waals surface area contributed by atoms with E-state index in [9.17, 15) is 14.0 Å². The highest BCUT2D eigenvalue weighted by atomic mass is 32.2. The molecule has 5 nitrogen and oxygen atoms in total. The lowest BCUT2D eigenvalue weighted by atomic mass is 10.0. The Balaban J connectivity index is 1.37. The molecule has 2 aliphatic rings. The second kappa shape index (κ2) is 8.45. The summed E-state index contributed by atoms with van der Waals surface area (Å²) >= 11 is 1.77. The molecule has 0 saturated carbocycles. The predicted octanol–water partition coefficient (Wildman–Crippen LogP) is 3.41. The van der Waals surface area contributed by atoms with Crippen LogP contribution in [0.5, 0.6) is 5.75 Å². The smallest absolute Gasteiger partial charge is 0.260 e. The Morgan fingerprint density at radius 2 is 1.79 bits per heavy atom. The Kier molecular flexibility index (Phi) is 5.76. The number of carbonyl (C=O) groups excluding carboxylic acids is 2. The molecule has 2 aliphatic heterocycles. The zero-order chi connectivity index (χ0) is 20.3. The lowest BCUT2D eigenvalue weighted by molar-refractivity contribution is -0.135. The van der Waals surface area contributed by atoms with E-state index in [1.807, 2.05) is 35.2 Å². The molecule has 0 aromatic heterocycles. The first kappa shape index (κ1) is 19.8. The third-order valence-corrected chi connectivity index (χ3v) is 7.05. The second-order valence-electron chi connectivity index (χ2n) is 7.24. The van der Waals surface area contributed by atoms with E-state index in [0.717, 1.165) is 5.75 Å². The van der Waals surface area contributed by atoms with Gasteiger partial charge in [0, 0.05) is 31.0 Å². The number of para-hydroxylation sites is 1. The van der Waals surface area contributed by atoms with E-state index in [1.165, 1.54) is 12.1 Å². The highest BCUT2D eigenvalue weighted by Gasteiger charge is 2.47. The van der Waals surface area contributed by atoms with Crippen LogP contribution in [0.4, 0.5) is 4.39 Å². The number of hydrogen-bond acceptors (Lipinski definition) is 4. The zero-order valence-corrected chi connectivity index (χ0v) is 16.9. The average molecular weight is 415 g/mol. The minimum atomic E-state index is -0.407. The molecule has 0 atom stereocenters. The number of benzene rings is 2. The Bertz CT molecular complexity index is 885. The monoisotopic (exact) mass is 414 g/mol. The van der Waals surface area contributed by atoms with Crippen molar-refractivity contribution < 1.29 is 18.7 Å². The molecule has 2 heterocycles. The molecule has 7 heteroatoms. The number of nitrogens with zero attached hydrogens (tertiary/aromatic N) is 2. The highest BCUT2D eigenvalue weighted by Crippen LogP contribution is 2.44. The van der Waals surface area contributed by atoms with E-state index in [-0.39, 0.29) is 23.3 Å². The van der Waals surface area contributed by atoms with Crippen LogP contribution in [0.3, 0.4) is 0 Å². The van der Waals surface area contributed by atoms with Gasteiger partial charge in [0.1, 0.15) is 11.6 Å². The first-order valence-corrected chi connectivity index (χ1v) is 10.7. The Labute approximate surface area is 173 Å². The number of piperidine rings is 1. The summed E-state index contributed by atoms with van der Waals surface area (Å²) in [5.74, 6) is 0.936. The first-order valence-electron chi connectivity index (χ1n) is 9.75. The van der Waals surface area contributed by atoms with Crippen molar-refractivity contribution in [2.24, 2.45) is 0 Å². The maximum Gasteiger partial charge on any atom is 0.260 e. The van der Waals surface area contributed by atoms with Gasteiger partial charge in [-0.1, -0.05) is 24.3 Å². The van der Waals surface area contributed by atoms with Gasteiger partial charge in [-0.3, -0.25) is 9.59 Å². The Morgan fingerprint density at radius 1 is 1.03 bits per heavy atom. The van der Waals surface area contributed by atoms with Gasteiger partial charge in [-0.25, -0.2) is 4.39 Å².